The van der Waals surface area contributed by atoms with Crippen molar-refractivity contribution >= 4 is 5.78 Å². The normalized spacial score (nSPS) is 12.4. The zero-order chi connectivity index (χ0) is 13.5. The molecular formula is C16H24O2. The molecule has 0 N–H and O–H groups in total. The average molecular weight is 248 g/mol. The van der Waals surface area contributed by atoms with Gasteiger partial charge in [0, 0.05) is 13.0 Å². The second-order valence-corrected chi connectivity index (χ2v) is 4.81. The fraction of sp³-hybridized carbons (Fsp3) is 0.562. The maximum absolute atomic E-state index is 12.2. The van der Waals surface area contributed by atoms with Crippen LogP contribution in [-0.2, 0) is 16.0 Å². The van der Waals surface area contributed by atoms with Crippen molar-refractivity contribution in [1.29, 1.82) is 0 Å². The molecule has 0 radical (unpaired) electrons. The second-order valence-electron chi connectivity index (χ2n) is 4.81. The van der Waals surface area contributed by atoms with E-state index in [1.165, 1.54) is 11.1 Å². The van der Waals surface area contributed by atoms with Crippen molar-refractivity contribution in [2.45, 2.75) is 53.1 Å². The van der Waals surface area contributed by atoms with Crippen LogP contribution in [0.1, 0.15) is 43.4 Å². The molecule has 2 nitrogen and oxygen atoms in total. The molecule has 0 aromatic heterocycles. The standard InChI is InChI=1S/C16H24O2/c1-5-7-16(18-6-2)15(17)11-14-10-12(3)8-9-13(14)4/h8-10,16H,5-7,11H2,1-4H3. The molecule has 0 bridgehead atoms. The van der Waals surface area contributed by atoms with Crippen LogP contribution < -0.4 is 0 Å². The van der Waals surface area contributed by atoms with Gasteiger partial charge in [-0.15, -0.1) is 0 Å². The number of Topliss-reactive ketones (excluding diaryl/α,β-unsaturated/α-hetero) is 1. The molecule has 0 aliphatic heterocycles. The van der Waals surface area contributed by atoms with E-state index in [-0.39, 0.29) is 11.9 Å². The van der Waals surface area contributed by atoms with Crippen molar-refractivity contribution in [3.8, 4) is 0 Å². The van der Waals surface area contributed by atoms with E-state index in [0.717, 1.165) is 18.4 Å². The zero-order valence-electron chi connectivity index (χ0n) is 12.0. The number of rotatable bonds is 7. The zero-order valence-corrected chi connectivity index (χ0v) is 12.0. The topological polar surface area (TPSA) is 26.3 Å². The van der Waals surface area contributed by atoms with Gasteiger partial charge in [0.15, 0.2) is 5.78 Å². The summed E-state index contributed by atoms with van der Waals surface area (Å²) in [5.74, 6) is 0.201. The van der Waals surface area contributed by atoms with Gasteiger partial charge in [0.2, 0.25) is 0 Å². The molecule has 1 rings (SSSR count). The van der Waals surface area contributed by atoms with Gasteiger partial charge in [-0.2, -0.15) is 0 Å². The molecule has 0 heterocycles. The number of carbonyl (C=O) groups is 1. The van der Waals surface area contributed by atoms with E-state index >= 15 is 0 Å². The molecule has 18 heavy (non-hydrogen) atoms. The molecule has 0 aliphatic rings. The Hall–Kier alpha value is -1.15. The Morgan fingerprint density at radius 2 is 2.00 bits per heavy atom. The Morgan fingerprint density at radius 3 is 2.61 bits per heavy atom. The molecule has 0 saturated carbocycles. The minimum atomic E-state index is -0.236. The quantitative estimate of drug-likeness (QED) is 0.736. The van der Waals surface area contributed by atoms with Crippen LogP contribution in [0.25, 0.3) is 0 Å². The highest BCUT2D eigenvalue weighted by molar-refractivity contribution is 5.85. The summed E-state index contributed by atoms with van der Waals surface area (Å²) in [6.45, 7) is 8.73. The molecule has 1 atom stereocenters. The van der Waals surface area contributed by atoms with E-state index in [0.29, 0.717) is 13.0 Å². The smallest absolute Gasteiger partial charge is 0.165 e. The fourth-order valence-electron chi connectivity index (χ4n) is 2.09. The van der Waals surface area contributed by atoms with Crippen molar-refractivity contribution < 1.29 is 9.53 Å². The third kappa shape index (κ3) is 4.26. The monoisotopic (exact) mass is 248 g/mol. The van der Waals surface area contributed by atoms with Crippen LogP contribution in [0, 0.1) is 13.8 Å². The van der Waals surface area contributed by atoms with Gasteiger partial charge in [-0.25, -0.2) is 0 Å². The molecule has 0 amide bonds. The van der Waals surface area contributed by atoms with Crippen LogP contribution in [0.3, 0.4) is 0 Å². The maximum Gasteiger partial charge on any atom is 0.165 e. The molecule has 0 fully saturated rings. The van der Waals surface area contributed by atoms with Crippen LogP contribution >= 0.6 is 0 Å². The molecule has 2 heteroatoms. The average Bonchev–Trinajstić information content (AvgIpc) is 2.33. The van der Waals surface area contributed by atoms with E-state index in [4.69, 9.17) is 4.74 Å². The van der Waals surface area contributed by atoms with Crippen molar-refractivity contribution in [2.75, 3.05) is 6.61 Å². The maximum atomic E-state index is 12.2. The van der Waals surface area contributed by atoms with Gasteiger partial charge >= 0.3 is 0 Å². The van der Waals surface area contributed by atoms with E-state index in [1.807, 2.05) is 6.92 Å². The molecule has 0 saturated heterocycles. The van der Waals surface area contributed by atoms with Crippen LogP contribution in [0.2, 0.25) is 0 Å². The third-order valence-electron chi connectivity index (χ3n) is 3.15. The van der Waals surface area contributed by atoms with Gasteiger partial charge in [-0.1, -0.05) is 37.1 Å². The van der Waals surface area contributed by atoms with Gasteiger partial charge in [0.1, 0.15) is 6.10 Å². The highest BCUT2D eigenvalue weighted by Crippen LogP contribution is 2.14. The first-order valence-electron chi connectivity index (χ1n) is 6.78. The summed E-state index contributed by atoms with van der Waals surface area (Å²) < 4.78 is 5.54. The van der Waals surface area contributed by atoms with Crippen molar-refractivity contribution in [3.05, 3.63) is 34.9 Å². The van der Waals surface area contributed by atoms with Crippen LogP contribution in [0.4, 0.5) is 0 Å². The van der Waals surface area contributed by atoms with Crippen molar-refractivity contribution in [2.24, 2.45) is 0 Å². The number of carbonyl (C=O) groups excluding carboxylic acids is 1. The first kappa shape index (κ1) is 14.9. The van der Waals surface area contributed by atoms with Crippen LogP contribution in [0.5, 0.6) is 0 Å². The third-order valence-corrected chi connectivity index (χ3v) is 3.15. The largest absolute Gasteiger partial charge is 0.371 e. The molecule has 1 unspecified atom stereocenters. The SMILES string of the molecule is CCCC(OCC)C(=O)Cc1cc(C)ccc1C. The first-order valence-corrected chi connectivity index (χ1v) is 6.78. The van der Waals surface area contributed by atoms with Gasteiger partial charge < -0.3 is 4.74 Å². The van der Waals surface area contributed by atoms with Gasteiger partial charge in [0.05, 0.1) is 0 Å². The van der Waals surface area contributed by atoms with Gasteiger partial charge in [-0.3, -0.25) is 4.79 Å². The summed E-state index contributed by atoms with van der Waals surface area (Å²) in [4.78, 5) is 12.2. The summed E-state index contributed by atoms with van der Waals surface area (Å²) >= 11 is 0. The van der Waals surface area contributed by atoms with E-state index < -0.39 is 0 Å². The Bertz CT molecular complexity index is 390. The lowest BCUT2D eigenvalue weighted by Crippen LogP contribution is -2.26. The molecule has 1 aromatic rings. The first-order chi connectivity index (χ1) is 8.58. The number of hydrogen-bond donors (Lipinski definition) is 0. The molecule has 100 valence electrons. The number of ether oxygens (including phenoxy) is 1. The lowest BCUT2D eigenvalue weighted by Gasteiger charge is -2.16. The lowest BCUT2D eigenvalue weighted by molar-refractivity contribution is -0.130. The van der Waals surface area contributed by atoms with Gasteiger partial charge in [-0.05, 0) is 38.3 Å². The summed E-state index contributed by atoms with van der Waals surface area (Å²) in [6, 6.07) is 6.25. The second kappa shape index (κ2) is 7.32. The summed E-state index contributed by atoms with van der Waals surface area (Å²) in [6.07, 6.45) is 2.04. The van der Waals surface area contributed by atoms with Crippen LogP contribution in [-0.4, -0.2) is 18.5 Å². The number of benzene rings is 1. The molecular weight excluding hydrogens is 224 g/mol. The highest BCUT2D eigenvalue weighted by atomic mass is 16.5. The minimum absolute atomic E-state index is 0.201. The summed E-state index contributed by atoms with van der Waals surface area (Å²) in [7, 11) is 0. The summed E-state index contributed by atoms with van der Waals surface area (Å²) in [5, 5.41) is 0. The molecule has 0 aliphatic carbocycles. The Balaban J connectivity index is 2.75. The molecule has 0 spiro atoms. The number of aryl methyl sites for hydroxylation is 2. The van der Waals surface area contributed by atoms with Crippen molar-refractivity contribution in [1.82, 2.24) is 0 Å². The van der Waals surface area contributed by atoms with E-state index in [2.05, 4.69) is 39.0 Å². The molecule has 1 aromatic carbocycles. The Morgan fingerprint density at radius 1 is 1.28 bits per heavy atom. The predicted octanol–water partition coefficient (Wildman–Crippen LogP) is 3.62. The predicted molar refractivity (Wildman–Crippen MR) is 74.9 cm³/mol. The fourth-order valence-corrected chi connectivity index (χ4v) is 2.09. The minimum Gasteiger partial charge on any atom is -0.371 e. The highest BCUT2D eigenvalue weighted by Gasteiger charge is 2.18. The number of ketones is 1. The Labute approximate surface area is 110 Å². The Kier molecular flexibility index (Phi) is 6.06. The van der Waals surface area contributed by atoms with Crippen LogP contribution in [0.15, 0.2) is 18.2 Å². The van der Waals surface area contributed by atoms with Gasteiger partial charge in [0.25, 0.3) is 0 Å². The lowest BCUT2D eigenvalue weighted by atomic mass is 9.97. The number of hydrogen-bond acceptors (Lipinski definition) is 2. The van der Waals surface area contributed by atoms with Crippen molar-refractivity contribution in [3.63, 3.8) is 0 Å². The van der Waals surface area contributed by atoms with E-state index in [9.17, 15) is 4.79 Å². The summed E-state index contributed by atoms with van der Waals surface area (Å²) in [5.41, 5.74) is 3.51. The van der Waals surface area contributed by atoms with E-state index in [1.54, 1.807) is 0 Å².